The van der Waals surface area contributed by atoms with E-state index < -0.39 is 11.6 Å². The Morgan fingerprint density at radius 2 is 1.76 bits per heavy atom. The molecule has 1 aliphatic carbocycles. The van der Waals surface area contributed by atoms with Gasteiger partial charge in [0.2, 0.25) is 11.6 Å². The van der Waals surface area contributed by atoms with Crippen molar-refractivity contribution in [2.24, 2.45) is 11.8 Å². The molecule has 0 spiro atoms. The number of allylic oxidation sites excluding steroid dienone is 3. The van der Waals surface area contributed by atoms with Gasteiger partial charge in [-0.25, -0.2) is 0 Å². The third-order valence-corrected chi connectivity index (χ3v) is 4.57. The van der Waals surface area contributed by atoms with Crippen LogP contribution in [0.15, 0.2) is 36.6 Å². The lowest BCUT2D eigenvalue weighted by molar-refractivity contribution is 0.187. The number of hydrogen-bond donors (Lipinski definition) is 0. The summed E-state index contributed by atoms with van der Waals surface area (Å²) in [4.78, 5) is 0. The summed E-state index contributed by atoms with van der Waals surface area (Å²) < 4.78 is 38.5. The largest absolute Gasteiger partial charge is 0.490 e. The Morgan fingerprint density at radius 3 is 2.44 bits per heavy atom. The van der Waals surface area contributed by atoms with Crippen molar-refractivity contribution < 1.29 is 18.3 Å². The highest BCUT2D eigenvalue weighted by molar-refractivity contribution is 5.35. The molecular formula is C21H28F2O2. The van der Waals surface area contributed by atoms with E-state index in [1.54, 1.807) is 13.0 Å². The van der Waals surface area contributed by atoms with Crippen LogP contribution in [0, 0.1) is 23.5 Å². The molecule has 0 saturated heterocycles. The molecule has 25 heavy (non-hydrogen) atoms. The van der Waals surface area contributed by atoms with Gasteiger partial charge in [-0.3, -0.25) is 0 Å². The van der Waals surface area contributed by atoms with E-state index in [-0.39, 0.29) is 11.5 Å². The monoisotopic (exact) mass is 350 g/mol. The summed E-state index contributed by atoms with van der Waals surface area (Å²) in [6.07, 6.45) is 14.3. The molecule has 0 unspecified atom stereocenters. The Labute approximate surface area is 149 Å². The summed E-state index contributed by atoms with van der Waals surface area (Å²) in [5.74, 6) is -1.13. The molecule has 0 amide bonds. The highest BCUT2D eigenvalue weighted by Crippen LogP contribution is 2.32. The first-order valence-electron chi connectivity index (χ1n) is 9.21. The molecule has 1 fully saturated rings. The molecule has 0 aliphatic heterocycles. The molecule has 138 valence electrons. The lowest BCUT2D eigenvalue weighted by Crippen LogP contribution is -2.19. The minimum Gasteiger partial charge on any atom is -0.490 e. The van der Waals surface area contributed by atoms with E-state index in [0.717, 1.165) is 32.1 Å². The molecule has 0 heterocycles. The standard InChI is InChI=1S/C21H28F2O2/c1-3-5-6-7-16-8-10-17(11-9-16)15-25-19-13-12-18(24-14-4-2)20(22)21(19)23/h4,6-7,12-14,16-17H,3,5,8-11,15H2,1-2H3. The van der Waals surface area contributed by atoms with Crippen LogP contribution in [0.25, 0.3) is 0 Å². The van der Waals surface area contributed by atoms with Crippen LogP contribution in [0.3, 0.4) is 0 Å². The zero-order chi connectivity index (χ0) is 18.1. The van der Waals surface area contributed by atoms with Gasteiger partial charge in [-0.15, -0.1) is 0 Å². The normalized spacial score (nSPS) is 21.1. The maximum absolute atomic E-state index is 14.1. The van der Waals surface area contributed by atoms with Crippen molar-refractivity contribution in [2.75, 3.05) is 6.61 Å². The van der Waals surface area contributed by atoms with E-state index in [9.17, 15) is 8.78 Å². The van der Waals surface area contributed by atoms with Crippen LogP contribution < -0.4 is 9.47 Å². The van der Waals surface area contributed by atoms with Gasteiger partial charge in [0.15, 0.2) is 11.5 Å². The number of halogens is 2. The minimum atomic E-state index is -1.01. The predicted molar refractivity (Wildman–Crippen MR) is 96.8 cm³/mol. The van der Waals surface area contributed by atoms with Gasteiger partial charge in [0.25, 0.3) is 0 Å². The summed E-state index contributed by atoms with van der Waals surface area (Å²) in [6, 6.07) is 2.82. The summed E-state index contributed by atoms with van der Waals surface area (Å²) in [5.41, 5.74) is 0. The fraction of sp³-hybridized carbons (Fsp3) is 0.524. The Kier molecular flexibility index (Phi) is 7.96. The molecular weight excluding hydrogens is 322 g/mol. The Balaban J connectivity index is 1.83. The van der Waals surface area contributed by atoms with E-state index in [4.69, 9.17) is 9.47 Å². The second-order valence-electron chi connectivity index (χ2n) is 6.59. The van der Waals surface area contributed by atoms with Gasteiger partial charge in [0.05, 0.1) is 12.9 Å². The Bertz CT molecular complexity index is 588. The van der Waals surface area contributed by atoms with Gasteiger partial charge in [-0.05, 0) is 63.0 Å². The fourth-order valence-corrected chi connectivity index (χ4v) is 3.07. The van der Waals surface area contributed by atoms with Gasteiger partial charge in [0.1, 0.15) is 0 Å². The second-order valence-corrected chi connectivity index (χ2v) is 6.59. The van der Waals surface area contributed by atoms with Crippen LogP contribution in [-0.4, -0.2) is 6.61 Å². The van der Waals surface area contributed by atoms with Gasteiger partial charge in [-0.1, -0.05) is 31.6 Å². The molecule has 0 radical (unpaired) electrons. The predicted octanol–water partition coefficient (Wildman–Crippen LogP) is 6.42. The molecule has 1 saturated carbocycles. The first kappa shape index (κ1) is 19.5. The van der Waals surface area contributed by atoms with Crippen molar-refractivity contribution in [3.8, 4) is 11.5 Å². The molecule has 1 aromatic carbocycles. The molecule has 0 N–H and O–H groups in total. The van der Waals surface area contributed by atoms with Crippen molar-refractivity contribution in [3.05, 3.63) is 48.3 Å². The Morgan fingerprint density at radius 1 is 1.08 bits per heavy atom. The number of rotatable bonds is 8. The zero-order valence-electron chi connectivity index (χ0n) is 15.1. The highest BCUT2D eigenvalue weighted by Gasteiger charge is 2.21. The van der Waals surface area contributed by atoms with E-state index in [2.05, 4.69) is 19.1 Å². The van der Waals surface area contributed by atoms with E-state index >= 15 is 0 Å². The summed E-state index contributed by atoms with van der Waals surface area (Å²) in [7, 11) is 0. The van der Waals surface area contributed by atoms with Crippen LogP contribution in [0.2, 0.25) is 0 Å². The number of hydrogen-bond acceptors (Lipinski definition) is 2. The molecule has 4 heteroatoms. The summed E-state index contributed by atoms with van der Waals surface area (Å²) >= 11 is 0. The van der Waals surface area contributed by atoms with Gasteiger partial charge < -0.3 is 9.47 Å². The van der Waals surface area contributed by atoms with Crippen LogP contribution in [-0.2, 0) is 0 Å². The Hall–Kier alpha value is -1.84. The lowest BCUT2D eigenvalue weighted by Gasteiger charge is -2.26. The molecule has 2 rings (SSSR count). The zero-order valence-corrected chi connectivity index (χ0v) is 15.1. The quantitative estimate of drug-likeness (QED) is 0.398. The van der Waals surface area contributed by atoms with Crippen molar-refractivity contribution in [2.45, 2.75) is 52.4 Å². The maximum atomic E-state index is 14.1. The van der Waals surface area contributed by atoms with Crippen molar-refractivity contribution in [1.82, 2.24) is 0 Å². The molecule has 1 aromatic rings. The van der Waals surface area contributed by atoms with Gasteiger partial charge >= 0.3 is 0 Å². The number of ether oxygens (including phenoxy) is 2. The topological polar surface area (TPSA) is 18.5 Å². The lowest BCUT2D eigenvalue weighted by atomic mass is 9.82. The van der Waals surface area contributed by atoms with E-state index in [1.165, 1.54) is 24.8 Å². The van der Waals surface area contributed by atoms with Crippen LogP contribution >= 0.6 is 0 Å². The third-order valence-electron chi connectivity index (χ3n) is 4.57. The maximum Gasteiger partial charge on any atom is 0.205 e. The van der Waals surface area contributed by atoms with Crippen LogP contribution in [0.5, 0.6) is 11.5 Å². The fourth-order valence-electron chi connectivity index (χ4n) is 3.07. The van der Waals surface area contributed by atoms with Gasteiger partial charge in [0, 0.05) is 0 Å². The summed E-state index contributed by atoms with van der Waals surface area (Å²) in [5, 5.41) is 0. The van der Waals surface area contributed by atoms with Crippen molar-refractivity contribution in [1.29, 1.82) is 0 Å². The second kappa shape index (κ2) is 10.2. The summed E-state index contributed by atoms with van der Waals surface area (Å²) in [6.45, 7) is 4.34. The van der Waals surface area contributed by atoms with Crippen molar-refractivity contribution >= 4 is 0 Å². The molecule has 0 bridgehead atoms. The molecule has 2 nitrogen and oxygen atoms in total. The average Bonchev–Trinajstić information content (AvgIpc) is 2.63. The molecule has 0 atom stereocenters. The smallest absolute Gasteiger partial charge is 0.205 e. The van der Waals surface area contributed by atoms with E-state index in [1.807, 2.05) is 0 Å². The van der Waals surface area contributed by atoms with E-state index in [0.29, 0.717) is 18.4 Å². The highest BCUT2D eigenvalue weighted by atomic mass is 19.2. The van der Waals surface area contributed by atoms with Gasteiger partial charge in [-0.2, -0.15) is 8.78 Å². The van der Waals surface area contributed by atoms with Crippen LogP contribution in [0.4, 0.5) is 8.78 Å². The van der Waals surface area contributed by atoms with Crippen molar-refractivity contribution in [3.63, 3.8) is 0 Å². The third kappa shape index (κ3) is 5.87. The number of unbranched alkanes of at least 4 members (excludes halogenated alkanes) is 1. The number of benzene rings is 1. The average molecular weight is 350 g/mol. The first-order valence-corrected chi connectivity index (χ1v) is 9.21. The molecule has 0 aromatic heterocycles. The molecule has 1 aliphatic rings. The van der Waals surface area contributed by atoms with Crippen LogP contribution in [0.1, 0.15) is 52.4 Å². The first-order chi connectivity index (χ1) is 12.2. The minimum absolute atomic E-state index is 0.0460. The SMILES string of the molecule is CC=COc1ccc(OCC2CCC(C=CCCC)CC2)c(F)c1F.